The first-order valence-electron chi connectivity index (χ1n) is 14.2. The van der Waals surface area contributed by atoms with Gasteiger partial charge in [0.15, 0.2) is 0 Å². The first kappa shape index (κ1) is 33.9. The number of hydrogen-bond acceptors (Lipinski definition) is 11. The highest BCUT2D eigenvalue weighted by Crippen LogP contribution is 2.33. The summed E-state index contributed by atoms with van der Waals surface area (Å²) in [5.41, 5.74) is -1.18. The lowest BCUT2D eigenvalue weighted by molar-refractivity contribution is 0.0546. The van der Waals surface area contributed by atoms with E-state index in [9.17, 15) is 18.8 Å². The van der Waals surface area contributed by atoms with Gasteiger partial charge < -0.3 is 19.0 Å². The second-order valence-electron chi connectivity index (χ2n) is 11.2. The number of aryl methyl sites for hydroxylation is 1. The molecule has 246 valence electrons. The number of fused-ring (bicyclic) bond motifs is 1. The molecule has 3 aromatic heterocycles. The number of thiophene rings is 1. The minimum Gasteiger partial charge on any atom is -0.496 e. The van der Waals surface area contributed by atoms with Crippen LogP contribution >= 0.6 is 11.3 Å². The van der Waals surface area contributed by atoms with Crippen LogP contribution in [0.5, 0.6) is 5.75 Å². The van der Waals surface area contributed by atoms with E-state index in [1.54, 1.807) is 41.5 Å². The van der Waals surface area contributed by atoms with Crippen LogP contribution in [0.3, 0.4) is 0 Å². The van der Waals surface area contributed by atoms with E-state index in [0.29, 0.717) is 21.7 Å². The highest BCUT2D eigenvalue weighted by Gasteiger charge is 2.28. The van der Waals surface area contributed by atoms with Gasteiger partial charge in [-0.25, -0.2) is 19.0 Å². The van der Waals surface area contributed by atoms with Gasteiger partial charge in [-0.3, -0.25) is 9.36 Å². The van der Waals surface area contributed by atoms with Gasteiger partial charge in [0, 0.05) is 19.0 Å². The number of carbonyl (C=O) groups excluding carboxylic acids is 1. The maximum atomic E-state index is 14.6. The molecule has 0 N–H and O–H groups in total. The lowest BCUT2D eigenvalue weighted by Gasteiger charge is -2.25. The molecule has 0 fully saturated rings. The van der Waals surface area contributed by atoms with E-state index in [4.69, 9.17) is 19.0 Å². The number of aromatic nitrogens is 5. The molecule has 0 aliphatic rings. The van der Waals surface area contributed by atoms with E-state index in [1.165, 1.54) is 55.7 Å². The fourth-order valence-electron chi connectivity index (χ4n) is 4.24. The monoisotopic (exact) mass is 657 g/mol. The molecule has 0 unspecified atom stereocenters. The summed E-state index contributed by atoms with van der Waals surface area (Å²) < 4.78 is 33.4. The molecule has 4 aromatic rings. The second kappa shape index (κ2) is 14.0. The Kier molecular flexibility index (Phi) is 10.3. The van der Waals surface area contributed by atoms with Crippen LogP contribution in [0.25, 0.3) is 27.2 Å². The lowest BCUT2D eigenvalue weighted by Crippen LogP contribution is -2.53. The first-order chi connectivity index (χ1) is 21.7. The molecule has 3 heterocycles. The molecular weight excluding hydrogens is 621 g/mol. The van der Waals surface area contributed by atoms with Gasteiger partial charge in [0.1, 0.15) is 39.4 Å². The van der Waals surface area contributed by atoms with Crippen molar-refractivity contribution >= 4 is 45.3 Å². The normalized spacial score (nSPS) is 11.8. The maximum absolute atomic E-state index is 14.6. The molecule has 0 aliphatic carbocycles. The number of hydrogen-bond donors (Lipinski definition) is 0. The molecule has 14 nitrogen and oxygen atoms in total. The Morgan fingerprint density at radius 1 is 1.15 bits per heavy atom. The number of carbonyl (C=O) groups is 1. The summed E-state index contributed by atoms with van der Waals surface area (Å²) in [5, 5.41) is 13.7. The van der Waals surface area contributed by atoms with Gasteiger partial charge in [-0.15, -0.1) is 4.80 Å². The summed E-state index contributed by atoms with van der Waals surface area (Å²) in [6, 6.07) is 3.86. The number of benzene rings is 1. The van der Waals surface area contributed by atoms with Gasteiger partial charge in [-0.2, -0.15) is 14.9 Å². The fourth-order valence-corrected chi connectivity index (χ4v) is 5.43. The average molecular weight is 658 g/mol. The number of rotatable bonds is 11. The highest BCUT2D eigenvalue weighted by molar-refractivity contribution is 7.21. The Morgan fingerprint density at radius 2 is 1.85 bits per heavy atom. The molecule has 0 bridgehead atoms. The summed E-state index contributed by atoms with van der Waals surface area (Å²) in [7, 11) is 2.67. The zero-order chi connectivity index (χ0) is 33.8. The van der Waals surface area contributed by atoms with Crippen LogP contribution in [0.15, 0.2) is 45.3 Å². The Balaban J connectivity index is 1.98. The highest BCUT2D eigenvalue weighted by atomic mass is 32.1. The van der Waals surface area contributed by atoms with Gasteiger partial charge in [-0.05, 0) is 59.7 Å². The van der Waals surface area contributed by atoms with Crippen molar-refractivity contribution in [1.82, 2.24) is 24.2 Å². The van der Waals surface area contributed by atoms with Crippen LogP contribution < -0.4 is 21.0 Å². The maximum Gasteiger partial charge on any atom is 0.429 e. The van der Waals surface area contributed by atoms with Crippen molar-refractivity contribution in [2.24, 2.45) is 5.16 Å². The standard InChI is InChI=1S/C30H36FN7O7S/c1-18(2)34-44-15-9-14-43-23(21-16-20(31)10-11-22(21)42-8)17-36-27-24(19(3)26(46-27)38-32-12-13-33-38)25(39)37(28(36)40)35(7)29(41)45-30(4,5)6/h10-13,16-17H,9,14-15H2,1-8H3. The molecule has 0 spiro atoms. The average Bonchev–Trinajstić information content (AvgIpc) is 3.63. The third-order valence-electron chi connectivity index (χ3n) is 6.23. The van der Waals surface area contributed by atoms with Crippen molar-refractivity contribution in [2.75, 3.05) is 32.4 Å². The van der Waals surface area contributed by atoms with E-state index in [2.05, 4.69) is 15.4 Å². The van der Waals surface area contributed by atoms with E-state index < -0.39 is 28.8 Å². The molecule has 0 saturated carbocycles. The van der Waals surface area contributed by atoms with Crippen LogP contribution in [0.4, 0.5) is 9.18 Å². The Bertz CT molecular complexity index is 1900. The van der Waals surface area contributed by atoms with Crippen molar-refractivity contribution in [3.8, 4) is 10.8 Å². The number of ether oxygens (including phenoxy) is 3. The number of oxime groups is 1. The summed E-state index contributed by atoms with van der Waals surface area (Å²) in [5.74, 6) is -0.264. The number of halogens is 1. The smallest absolute Gasteiger partial charge is 0.429 e. The summed E-state index contributed by atoms with van der Waals surface area (Å²) in [6.07, 6.45) is 3.74. The molecule has 16 heteroatoms. The van der Waals surface area contributed by atoms with Crippen LogP contribution in [0, 0.1) is 12.7 Å². The largest absolute Gasteiger partial charge is 0.496 e. The number of methoxy groups -OCH3 is 1. The predicted octanol–water partition coefficient (Wildman–Crippen LogP) is 4.54. The minimum absolute atomic E-state index is 0.0462. The van der Waals surface area contributed by atoms with Gasteiger partial charge in [0.2, 0.25) is 0 Å². The third-order valence-corrected chi connectivity index (χ3v) is 7.49. The van der Waals surface area contributed by atoms with Crippen LogP contribution in [-0.4, -0.2) is 69.0 Å². The van der Waals surface area contributed by atoms with E-state index in [1.807, 2.05) is 0 Å². The summed E-state index contributed by atoms with van der Waals surface area (Å²) in [6.45, 7) is 10.6. The number of amides is 1. The van der Waals surface area contributed by atoms with Gasteiger partial charge in [0.25, 0.3) is 5.56 Å². The lowest BCUT2D eigenvalue weighted by atomic mass is 10.1. The van der Waals surface area contributed by atoms with Crippen LogP contribution in [0.2, 0.25) is 0 Å². The zero-order valence-corrected chi connectivity index (χ0v) is 27.7. The molecule has 46 heavy (non-hydrogen) atoms. The predicted molar refractivity (Wildman–Crippen MR) is 173 cm³/mol. The van der Waals surface area contributed by atoms with Crippen molar-refractivity contribution in [1.29, 1.82) is 0 Å². The Morgan fingerprint density at radius 3 is 2.48 bits per heavy atom. The summed E-state index contributed by atoms with van der Waals surface area (Å²) >= 11 is 1.08. The Hall–Kier alpha value is -4.99. The molecule has 0 aliphatic heterocycles. The van der Waals surface area contributed by atoms with Crippen molar-refractivity contribution < 1.29 is 28.2 Å². The fraction of sp³-hybridized carbons (Fsp3) is 0.400. The van der Waals surface area contributed by atoms with Gasteiger partial charge >= 0.3 is 11.8 Å². The molecule has 4 rings (SSSR count). The van der Waals surface area contributed by atoms with Crippen LogP contribution in [0.1, 0.15) is 52.2 Å². The van der Waals surface area contributed by atoms with Crippen molar-refractivity contribution in [3.05, 3.63) is 68.4 Å². The van der Waals surface area contributed by atoms with Gasteiger partial charge in [0.05, 0.1) is 49.0 Å². The molecule has 0 atom stereocenters. The van der Waals surface area contributed by atoms with E-state index in [-0.39, 0.29) is 40.5 Å². The molecule has 1 amide bonds. The molecule has 0 radical (unpaired) electrons. The van der Waals surface area contributed by atoms with E-state index >= 15 is 0 Å². The van der Waals surface area contributed by atoms with Crippen molar-refractivity contribution in [3.63, 3.8) is 0 Å². The second-order valence-corrected chi connectivity index (χ2v) is 12.2. The minimum atomic E-state index is -0.934. The third kappa shape index (κ3) is 7.44. The number of nitrogens with zero attached hydrogens (tertiary/aromatic N) is 7. The summed E-state index contributed by atoms with van der Waals surface area (Å²) in [4.78, 5) is 48.0. The molecule has 1 aromatic carbocycles. The first-order valence-corrected chi connectivity index (χ1v) is 15.0. The van der Waals surface area contributed by atoms with Crippen LogP contribution in [-0.2, 0) is 14.3 Å². The quantitative estimate of drug-likeness (QED) is 0.0983. The van der Waals surface area contributed by atoms with Crippen molar-refractivity contribution in [2.45, 2.75) is 53.6 Å². The SMILES string of the molecule is COc1ccc(F)cc1C(=Cn1c(=O)n(N(C)C(=O)OC(C)(C)C)c(=O)c2c(C)c(-n3nccn3)sc21)OCCCON=C(C)C. The molecule has 0 saturated heterocycles. The zero-order valence-electron chi connectivity index (χ0n) is 26.9. The topological polar surface area (TPSA) is 144 Å². The van der Waals surface area contributed by atoms with Gasteiger partial charge in [-0.1, -0.05) is 16.5 Å². The Labute approximate surface area is 267 Å². The molecular formula is C30H36FN7O7S. The van der Waals surface area contributed by atoms with E-state index in [0.717, 1.165) is 26.6 Å².